The van der Waals surface area contributed by atoms with Gasteiger partial charge in [0, 0.05) is 30.7 Å². The molecule has 2 heterocycles. The van der Waals surface area contributed by atoms with Crippen molar-refractivity contribution in [2.45, 2.75) is 19.4 Å². The van der Waals surface area contributed by atoms with Crippen LogP contribution in [0.4, 0.5) is 10.2 Å². The number of nitrogens with one attached hydrogen (secondary N) is 1. The van der Waals surface area contributed by atoms with Crippen LogP contribution in [0.5, 0.6) is 0 Å². The molecule has 160 valence electrons. The highest BCUT2D eigenvalue weighted by atomic mass is 35.5. The quantitative estimate of drug-likeness (QED) is 0.658. The van der Waals surface area contributed by atoms with Gasteiger partial charge in [0.25, 0.3) is 5.56 Å². The highest BCUT2D eigenvalue weighted by Gasteiger charge is 2.26. The molecule has 0 unspecified atom stereocenters. The topological polar surface area (TPSA) is 67.2 Å². The summed E-state index contributed by atoms with van der Waals surface area (Å²) >= 11 is 5.90. The van der Waals surface area contributed by atoms with Gasteiger partial charge in [0.05, 0.1) is 11.6 Å². The van der Waals surface area contributed by atoms with Crippen LogP contribution < -0.4 is 15.8 Å². The lowest BCUT2D eigenvalue weighted by atomic mass is 9.97. The van der Waals surface area contributed by atoms with E-state index in [4.69, 9.17) is 11.6 Å². The second kappa shape index (κ2) is 9.31. The molecule has 1 N–H and O–H groups in total. The molecule has 2 aromatic carbocycles. The minimum Gasteiger partial charge on any atom is -0.354 e. The molecule has 0 bridgehead atoms. The average Bonchev–Trinajstić information content (AvgIpc) is 2.79. The van der Waals surface area contributed by atoms with Crippen LogP contribution in [0.3, 0.4) is 0 Å². The molecule has 0 radical (unpaired) electrons. The fourth-order valence-corrected chi connectivity index (χ4v) is 3.82. The maximum Gasteiger partial charge on any atom is 0.271 e. The Labute approximate surface area is 184 Å². The second-order valence-corrected chi connectivity index (χ2v) is 7.99. The molecule has 0 saturated carbocycles. The Balaban J connectivity index is 1.45. The molecule has 1 amide bonds. The number of amides is 1. The molecule has 1 saturated heterocycles. The molecule has 1 atom stereocenters. The summed E-state index contributed by atoms with van der Waals surface area (Å²) < 4.78 is 14.8. The number of piperidine rings is 1. The maximum atomic E-state index is 13.6. The molecule has 1 aromatic heterocycles. The molecule has 31 heavy (non-hydrogen) atoms. The van der Waals surface area contributed by atoms with Crippen LogP contribution in [0, 0.1) is 11.7 Å². The number of hydrogen-bond donors (Lipinski definition) is 1. The van der Waals surface area contributed by atoms with Crippen molar-refractivity contribution in [1.29, 1.82) is 0 Å². The molecule has 3 aromatic rings. The van der Waals surface area contributed by atoms with Crippen LogP contribution in [0.25, 0.3) is 5.69 Å². The molecule has 6 nitrogen and oxygen atoms in total. The van der Waals surface area contributed by atoms with Crippen LogP contribution in [0.15, 0.2) is 65.5 Å². The summed E-state index contributed by atoms with van der Waals surface area (Å²) in [5.74, 6) is -0.0541. The number of aromatic nitrogens is 2. The number of carbonyl (C=O) groups excluding carboxylic acids is 1. The van der Waals surface area contributed by atoms with Crippen LogP contribution in [0.1, 0.15) is 18.4 Å². The second-order valence-electron chi connectivity index (χ2n) is 7.55. The van der Waals surface area contributed by atoms with E-state index in [9.17, 15) is 14.0 Å². The normalized spacial score (nSPS) is 16.2. The number of hydrogen-bond acceptors (Lipinski definition) is 4. The highest BCUT2D eigenvalue weighted by molar-refractivity contribution is 6.30. The lowest BCUT2D eigenvalue weighted by molar-refractivity contribution is -0.125. The lowest BCUT2D eigenvalue weighted by Gasteiger charge is -2.33. The molecule has 0 spiro atoms. The minimum atomic E-state index is -0.438. The van der Waals surface area contributed by atoms with Gasteiger partial charge in [-0.1, -0.05) is 29.8 Å². The van der Waals surface area contributed by atoms with Crippen LogP contribution in [-0.4, -0.2) is 28.8 Å². The Hall–Kier alpha value is -3.19. The van der Waals surface area contributed by atoms with Gasteiger partial charge in [0.1, 0.15) is 11.6 Å². The summed E-state index contributed by atoms with van der Waals surface area (Å²) in [6.07, 6.45) is 1.62. The number of halogens is 2. The van der Waals surface area contributed by atoms with E-state index in [2.05, 4.69) is 10.4 Å². The first-order chi connectivity index (χ1) is 15.0. The molecular formula is C23H22ClFN4O2. The smallest absolute Gasteiger partial charge is 0.271 e. The summed E-state index contributed by atoms with van der Waals surface area (Å²) in [6, 6.07) is 16.2. The molecule has 0 aliphatic carbocycles. The van der Waals surface area contributed by atoms with E-state index in [1.807, 2.05) is 17.0 Å². The monoisotopic (exact) mass is 440 g/mol. The van der Waals surface area contributed by atoms with Gasteiger partial charge < -0.3 is 10.2 Å². The Morgan fingerprint density at radius 3 is 2.74 bits per heavy atom. The van der Waals surface area contributed by atoms with Crippen molar-refractivity contribution >= 4 is 23.3 Å². The van der Waals surface area contributed by atoms with Crippen molar-refractivity contribution in [2.24, 2.45) is 5.92 Å². The number of benzene rings is 2. The van der Waals surface area contributed by atoms with Crippen molar-refractivity contribution < 1.29 is 9.18 Å². The molecular weight excluding hydrogens is 419 g/mol. The largest absolute Gasteiger partial charge is 0.354 e. The first-order valence-corrected chi connectivity index (χ1v) is 10.5. The third-order valence-electron chi connectivity index (χ3n) is 5.34. The van der Waals surface area contributed by atoms with E-state index in [-0.39, 0.29) is 17.4 Å². The third kappa shape index (κ3) is 5.11. The standard InChI is InChI=1S/C23H22ClFN4O2/c24-18-8-6-16(7-9-18)14-26-23(31)17-3-2-12-28(15-17)21-10-11-22(30)29(27-21)20-5-1-4-19(25)13-20/h1,4-11,13,17H,2-3,12,14-15H2,(H,26,31)/t17-/m1/s1. The first kappa shape index (κ1) is 21.1. The number of rotatable bonds is 5. The van der Waals surface area contributed by atoms with E-state index in [0.29, 0.717) is 29.6 Å². The van der Waals surface area contributed by atoms with Gasteiger partial charge in [0.15, 0.2) is 0 Å². The fraction of sp³-hybridized carbons (Fsp3) is 0.261. The molecule has 1 aliphatic heterocycles. The van der Waals surface area contributed by atoms with E-state index in [0.717, 1.165) is 24.9 Å². The molecule has 1 fully saturated rings. The van der Waals surface area contributed by atoms with Crippen molar-refractivity contribution in [2.75, 3.05) is 18.0 Å². The Kier molecular flexibility index (Phi) is 6.32. The molecule has 1 aliphatic rings. The van der Waals surface area contributed by atoms with Crippen LogP contribution in [-0.2, 0) is 11.3 Å². The zero-order valence-corrected chi connectivity index (χ0v) is 17.6. The van der Waals surface area contributed by atoms with E-state index < -0.39 is 5.82 Å². The summed E-state index contributed by atoms with van der Waals surface area (Å²) in [5, 5.41) is 8.07. The predicted molar refractivity (Wildman–Crippen MR) is 118 cm³/mol. The highest BCUT2D eigenvalue weighted by Crippen LogP contribution is 2.22. The van der Waals surface area contributed by atoms with Gasteiger partial charge >= 0.3 is 0 Å². The van der Waals surface area contributed by atoms with Crippen molar-refractivity contribution in [3.8, 4) is 5.69 Å². The first-order valence-electron chi connectivity index (χ1n) is 10.1. The number of carbonyl (C=O) groups is 1. The summed E-state index contributed by atoms with van der Waals surface area (Å²) in [7, 11) is 0. The SMILES string of the molecule is O=C(NCc1ccc(Cl)cc1)[C@@H]1CCCN(c2ccc(=O)n(-c3cccc(F)c3)n2)C1. The van der Waals surface area contributed by atoms with Gasteiger partial charge in [-0.25, -0.2) is 4.39 Å². The maximum absolute atomic E-state index is 13.6. The average molecular weight is 441 g/mol. The van der Waals surface area contributed by atoms with Gasteiger partial charge in [-0.3, -0.25) is 9.59 Å². The van der Waals surface area contributed by atoms with E-state index in [1.54, 1.807) is 24.3 Å². The number of nitrogens with zero attached hydrogens (tertiary/aromatic N) is 3. The van der Waals surface area contributed by atoms with E-state index >= 15 is 0 Å². The summed E-state index contributed by atoms with van der Waals surface area (Å²) in [5.41, 5.74) is 0.999. The zero-order valence-electron chi connectivity index (χ0n) is 16.8. The van der Waals surface area contributed by atoms with Crippen molar-refractivity contribution in [1.82, 2.24) is 15.1 Å². The molecule has 4 rings (SSSR count). The van der Waals surface area contributed by atoms with Crippen molar-refractivity contribution in [3.63, 3.8) is 0 Å². The van der Waals surface area contributed by atoms with Gasteiger partial charge in [0.2, 0.25) is 5.91 Å². The van der Waals surface area contributed by atoms with Crippen molar-refractivity contribution in [3.05, 3.63) is 87.4 Å². The number of anilines is 1. The Morgan fingerprint density at radius 1 is 1.16 bits per heavy atom. The molecule has 8 heteroatoms. The summed E-state index contributed by atoms with van der Waals surface area (Å²) in [4.78, 5) is 27.0. The Morgan fingerprint density at radius 2 is 1.97 bits per heavy atom. The van der Waals surface area contributed by atoms with Gasteiger partial charge in [-0.15, -0.1) is 5.10 Å². The van der Waals surface area contributed by atoms with E-state index in [1.165, 1.54) is 28.9 Å². The van der Waals surface area contributed by atoms with Crippen LogP contribution in [0.2, 0.25) is 5.02 Å². The Bertz CT molecular complexity index is 1130. The summed E-state index contributed by atoms with van der Waals surface area (Å²) in [6.45, 7) is 1.67. The zero-order chi connectivity index (χ0) is 21.8. The predicted octanol–water partition coefficient (Wildman–Crippen LogP) is 3.56. The lowest BCUT2D eigenvalue weighted by Crippen LogP contribution is -2.43. The fourth-order valence-electron chi connectivity index (χ4n) is 3.70. The van der Waals surface area contributed by atoms with Crippen LogP contribution >= 0.6 is 11.6 Å². The van der Waals surface area contributed by atoms with Gasteiger partial charge in [-0.05, 0) is 54.8 Å². The van der Waals surface area contributed by atoms with Gasteiger partial charge in [-0.2, -0.15) is 4.68 Å². The third-order valence-corrected chi connectivity index (χ3v) is 5.59. The minimum absolute atomic E-state index is 0.0156.